The zero-order valence-electron chi connectivity index (χ0n) is 13.8. The topological polar surface area (TPSA) is 91.9 Å². The van der Waals surface area contributed by atoms with Gasteiger partial charge in [0.2, 0.25) is 5.76 Å². The number of rotatable bonds is 8. The Kier molecular flexibility index (Phi) is 5.78. The number of benzene rings is 2. The molecule has 26 heavy (non-hydrogen) atoms. The summed E-state index contributed by atoms with van der Waals surface area (Å²) in [6.07, 6.45) is -0.650. The van der Waals surface area contributed by atoms with Crippen molar-refractivity contribution in [3.63, 3.8) is 0 Å². The van der Waals surface area contributed by atoms with Gasteiger partial charge in [-0.15, -0.1) is 0 Å². The number of aliphatic hydroxyl groups is 1. The number of carboxylic acid groups (broad SMARTS) is 1. The van der Waals surface area contributed by atoms with Gasteiger partial charge in [-0.3, -0.25) is 0 Å². The van der Waals surface area contributed by atoms with Crippen LogP contribution in [0.15, 0.2) is 52.9 Å². The first-order valence-corrected chi connectivity index (χ1v) is 8.44. The molecule has 0 aliphatic carbocycles. The molecular weight excluding hydrogens is 358 g/mol. The van der Waals surface area contributed by atoms with Crippen molar-refractivity contribution in [2.45, 2.75) is 6.10 Å². The third kappa shape index (κ3) is 4.54. The standard InChI is InChI=1S/C19H18ClNO5/c20-14-3-1-2-12(8-14)16(22)11-21-6-7-25-15-5-4-13-9-18(19(23)24)26-17(13)10-15/h1-5,8-10,16,21-22H,6-7,11H2,(H,23,24)/t16-/m0/s1. The molecule has 1 aromatic heterocycles. The highest BCUT2D eigenvalue weighted by molar-refractivity contribution is 6.30. The summed E-state index contributed by atoms with van der Waals surface area (Å²) in [5, 5.41) is 23.4. The molecule has 136 valence electrons. The number of aromatic carboxylic acids is 1. The van der Waals surface area contributed by atoms with E-state index in [1.54, 1.807) is 36.4 Å². The maximum Gasteiger partial charge on any atom is 0.371 e. The van der Waals surface area contributed by atoms with E-state index < -0.39 is 12.1 Å². The Morgan fingerprint density at radius 3 is 2.85 bits per heavy atom. The summed E-state index contributed by atoms with van der Waals surface area (Å²) in [7, 11) is 0. The zero-order chi connectivity index (χ0) is 18.5. The number of carboxylic acids is 1. The Labute approximate surface area is 155 Å². The molecule has 0 spiro atoms. The predicted molar refractivity (Wildman–Crippen MR) is 97.9 cm³/mol. The summed E-state index contributed by atoms with van der Waals surface area (Å²) in [5.74, 6) is -0.624. The van der Waals surface area contributed by atoms with Crippen LogP contribution in [-0.4, -0.2) is 35.9 Å². The van der Waals surface area contributed by atoms with Crippen LogP contribution in [0.5, 0.6) is 5.75 Å². The van der Waals surface area contributed by atoms with Crippen LogP contribution in [0.2, 0.25) is 5.02 Å². The fourth-order valence-electron chi connectivity index (χ4n) is 2.52. The Morgan fingerprint density at radius 2 is 2.08 bits per heavy atom. The van der Waals surface area contributed by atoms with E-state index in [1.165, 1.54) is 6.07 Å². The molecule has 0 amide bonds. The number of nitrogens with one attached hydrogen (secondary N) is 1. The quantitative estimate of drug-likeness (QED) is 0.522. The first-order valence-electron chi connectivity index (χ1n) is 8.07. The number of hydrogen-bond donors (Lipinski definition) is 3. The molecule has 0 fully saturated rings. The van der Waals surface area contributed by atoms with Gasteiger partial charge in [-0.25, -0.2) is 4.79 Å². The maximum absolute atomic E-state index is 10.9. The molecule has 2 aromatic carbocycles. The third-order valence-electron chi connectivity index (χ3n) is 3.82. The summed E-state index contributed by atoms with van der Waals surface area (Å²) in [4.78, 5) is 10.9. The average molecular weight is 376 g/mol. The molecule has 0 radical (unpaired) electrons. The van der Waals surface area contributed by atoms with E-state index >= 15 is 0 Å². The normalized spacial score (nSPS) is 12.2. The molecule has 0 aliphatic rings. The molecule has 7 heteroatoms. The maximum atomic E-state index is 10.9. The largest absolute Gasteiger partial charge is 0.492 e. The van der Waals surface area contributed by atoms with Crippen molar-refractivity contribution in [1.29, 1.82) is 0 Å². The first-order chi connectivity index (χ1) is 12.5. The fraction of sp³-hybridized carbons (Fsp3) is 0.211. The van der Waals surface area contributed by atoms with Gasteiger partial charge in [0.05, 0.1) is 6.10 Å². The number of carbonyl (C=O) groups is 1. The SMILES string of the molecule is O=C(O)c1cc2ccc(OCCNC[C@H](O)c3cccc(Cl)c3)cc2o1. The molecule has 1 heterocycles. The Hall–Kier alpha value is -2.54. The summed E-state index contributed by atoms with van der Waals surface area (Å²) in [6.45, 7) is 1.30. The Bertz CT molecular complexity index is 908. The minimum atomic E-state index is -1.11. The third-order valence-corrected chi connectivity index (χ3v) is 4.06. The van der Waals surface area contributed by atoms with Gasteiger partial charge in [-0.05, 0) is 35.9 Å². The van der Waals surface area contributed by atoms with Gasteiger partial charge in [0.15, 0.2) is 0 Å². The van der Waals surface area contributed by atoms with Gasteiger partial charge in [-0.2, -0.15) is 0 Å². The molecule has 0 unspecified atom stereocenters. The highest BCUT2D eigenvalue weighted by Crippen LogP contribution is 2.24. The number of halogens is 1. The number of ether oxygens (including phenoxy) is 1. The number of hydrogen-bond acceptors (Lipinski definition) is 5. The van der Waals surface area contributed by atoms with Crippen LogP contribution < -0.4 is 10.1 Å². The van der Waals surface area contributed by atoms with Crippen molar-refractivity contribution in [2.75, 3.05) is 19.7 Å². The predicted octanol–water partition coefficient (Wildman–Crippen LogP) is 3.49. The lowest BCUT2D eigenvalue weighted by molar-refractivity contribution is 0.0665. The lowest BCUT2D eigenvalue weighted by Crippen LogP contribution is -2.26. The highest BCUT2D eigenvalue weighted by Gasteiger charge is 2.11. The average Bonchev–Trinajstić information content (AvgIpc) is 3.05. The second kappa shape index (κ2) is 8.23. The van der Waals surface area contributed by atoms with E-state index in [9.17, 15) is 9.90 Å². The van der Waals surface area contributed by atoms with Crippen molar-refractivity contribution >= 4 is 28.5 Å². The second-order valence-corrected chi connectivity index (χ2v) is 6.18. The van der Waals surface area contributed by atoms with E-state index in [-0.39, 0.29) is 5.76 Å². The summed E-state index contributed by atoms with van der Waals surface area (Å²) >= 11 is 5.91. The van der Waals surface area contributed by atoms with Gasteiger partial charge in [0.1, 0.15) is 17.9 Å². The molecule has 0 saturated heterocycles. The lowest BCUT2D eigenvalue weighted by Gasteiger charge is -2.13. The lowest BCUT2D eigenvalue weighted by atomic mass is 10.1. The van der Waals surface area contributed by atoms with Crippen LogP contribution in [0.3, 0.4) is 0 Å². The zero-order valence-corrected chi connectivity index (χ0v) is 14.6. The van der Waals surface area contributed by atoms with Gasteiger partial charge < -0.3 is 24.7 Å². The van der Waals surface area contributed by atoms with Gasteiger partial charge in [0.25, 0.3) is 0 Å². The summed E-state index contributed by atoms with van der Waals surface area (Å²) in [5.41, 5.74) is 1.22. The number of fused-ring (bicyclic) bond motifs is 1. The highest BCUT2D eigenvalue weighted by atomic mass is 35.5. The minimum Gasteiger partial charge on any atom is -0.492 e. The van der Waals surface area contributed by atoms with Crippen LogP contribution in [0, 0.1) is 0 Å². The van der Waals surface area contributed by atoms with Crippen LogP contribution in [0.25, 0.3) is 11.0 Å². The van der Waals surface area contributed by atoms with E-state index in [0.29, 0.717) is 41.4 Å². The number of aliphatic hydroxyl groups excluding tert-OH is 1. The van der Waals surface area contributed by atoms with Crippen LogP contribution >= 0.6 is 11.6 Å². The summed E-state index contributed by atoms with van der Waals surface area (Å²) in [6, 6.07) is 13.7. The monoisotopic (exact) mass is 375 g/mol. The Balaban J connectivity index is 1.46. The molecule has 0 aliphatic heterocycles. The van der Waals surface area contributed by atoms with Gasteiger partial charge in [0, 0.05) is 29.6 Å². The van der Waals surface area contributed by atoms with Gasteiger partial charge >= 0.3 is 5.97 Å². The molecule has 0 saturated carbocycles. The summed E-state index contributed by atoms with van der Waals surface area (Å²) < 4.78 is 10.9. The molecule has 3 rings (SSSR count). The van der Waals surface area contributed by atoms with E-state index in [1.807, 2.05) is 6.07 Å². The smallest absolute Gasteiger partial charge is 0.371 e. The Morgan fingerprint density at radius 1 is 1.23 bits per heavy atom. The van der Waals surface area contributed by atoms with Gasteiger partial charge in [-0.1, -0.05) is 23.7 Å². The molecule has 3 aromatic rings. The van der Waals surface area contributed by atoms with Crippen molar-refractivity contribution in [3.05, 3.63) is 64.9 Å². The van der Waals surface area contributed by atoms with Crippen molar-refractivity contribution in [1.82, 2.24) is 5.32 Å². The molecular formula is C19H18ClNO5. The first kappa shape index (κ1) is 18.3. The minimum absolute atomic E-state index is 0.103. The number of furan rings is 1. The van der Waals surface area contributed by atoms with Crippen molar-refractivity contribution in [2.24, 2.45) is 0 Å². The van der Waals surface area contributed by atoms with Crippen LogP contribution in [0.4, 0.5) is 0 Å². The van der Waals surface area contributed by atoms with E-state index in [0.717, 1.165) is 5.56 Å². The second-order valence-electron chi connectivity index (χ2n) is 5.74. The molecule has 1 atom stereocenters. The molecule has 3 N–H and O–H groups in total. The van der Waals surface area contributed by atoms with Crippen LogP contribution in [-0.2, 0) is 0 Å². The van der Waals surface area contributed by atoms with Crippen molar-refractivity contribution in [3.8, 4) is 5.75 Å². The fourth-order valence-corrected chi connectivity index (χ4v) is 2.72. The molecule has 6 nitrogen and oxygen atoms in total. The van der Waals surface area contributed by atoms with E-state index in [2.05, 4.69) is 5.32 Å². The van der Waals surface area contributed by atoms with Crippen LogP contribution in [0.1, 0.15) is 22.2 Å². The van der Waals surface area contributed by atoms with Crippen molar-refractivity contribution < 1.29 is 24.2 Å². The van der Waals surface area contributed by atoms with E-state index in [4.69, 9.17) is 25.9 Å². The molecule has 0 bridgehead atoms.